The van der Waals surface area contributed by atoms with Gasteiger partial charge in [-0.2, -0.15) is 0 Å². The Labute approximate surface area is 83.5 Å². The zero-order chi connectivity index (χ0) is 9.68. The lowest BCUT2D eigenvalue weighted by Crippen LogP contribution is -2.24. The molecule has 0 bridgehead atoms. The van der Waals surface area contributed by atoms with Gasteiger partial charge < -0.3 is 4.90 Å². The molecule has 78 valence electrons. The van der Waals surface area contributed by atoms with Gasteiger partial charge in [-0.3, -0.25) is 0 Å². The van der Waals surface area contributed by atoms with Crippen LogP contribution in [0.3, 0.4) is 0 Å². The lowest BCUT2D eigenvalue weighted by molar-refractivity contribution is 0.259. The van der Waals surface area contributed by atoms with Crippen LogP contribution >= 0.6 is 0 Å². The van der Waals surface area contributed by atoms with Crippen LogP contribution in [-0.2, 0) is 0 Å². The van der Waals surface area contributed by atoms with Gasteiger partial charge in [-0.25, -0.2) is 0 Å². The molecule has 0 radical (unpaired) electrons. The molecule has 2 atom stereocenters. The summed E-state index contributed by atoms with van der Waals surface area (Å²) in [6.07, 6.45) is 7.10. The molecule has 0 aliphatic carbocycles. The van der Waals surface area contributed by atoms with Crippen molar-refractivity contribution in [3.05, 3.63) is 0 Å². The largest absolute Gasteiger partial charge is 0.306 e. The van der Waals surface area contributed by atoms with Crippen LogP contribution in [0.2, 0.25) is 0 Å². The van der Waals surface area contributed by atoms with Crippen LogP contribution < -0.4 is 0 Å². The van der Waals surface area contributed by atoms with E-state index in [1.54, 1.807) is 0 Å². The topological polar surface area (TPSA) is 3.24 Å². The molecule has 0 N–H and O–H groups in total. The van der Waals surface area contributed by atoms with Crippen molar-refractivity contribution in [2.75, 3.05) is 20.1 Å². The third kappa shape index (κ3) is 4.66. The van der Waals surface area contributed by atoms with Gasteiger partial charge in [-0.1, -0.05) is 26.7 Å². The Hall–Kier alpha value is -0.0400. The first kappa shape index (κ1) is 11.0. The van der Waals surface area contributed by atoms with Crippen molar-refractivity contribution in [2.24, 2.45) is 11.8 Å². The van der Waals surface area contributed by atoms with E-state index in [2.05, 4.69) is 25.8 Å². The summed E-state index contributed by atoms with van der Waals surface area (Å²) in [5, 5.41) is 0. The molecule has 0 amide bonds. The second-order valence-corrected chi connectivity index (χ2v) is 5.03. The smallest absolute Gasteiger partial charge is 0.00192 e. The van der Waals surface area contributed by atoms with Gasteiger partial charge in [0.05, 0.1) is 0 Å². The third-order valence-corrected chi connectivity index (χ3v) is 3.30. The Morgan fingerprint density at radius 3 is 2.38 bits per heavy atom. The van der Waals surface area contributed by atoms with Crippen LogP contribution in [0.5, 0.6) is 0 Å². The zero-order valence-electron chi connectivity index (χ0n) is 9.55. The van der Waals surface area contributed by atoms with E-state index < -0.39 is 0 Å². The van der Waals surface area contributed by atoms with Crippen LogP contribution in [0.15, 0.2) is 0 Å². The Kier molecular flexibility index (Phi) is 4.79. The molecule has 1 heterocycles. The van der Waals surface area contributed by atoms with Crippen molar-refractivity contribution in [3.63, 3.8) is 0 Å². The minimum Gasteiger partial charge on any atom is -0.306 e. The van der Waals surface area contributed by atoms with Gasteiger partial charge in [0.2, 0.25) is 0 Å². The molecule has 1 fully saturated rings. The van der Waals surface area contributed by atoms with Crippen molar-refractivity contribution < 1.29 is 0 Å². The molecule has 0 saturated carbocycles. The number of hydrogen-bond acceptors (Lipinski definition) is 1. The van der Waals surface area contributed by atoms with Crippen molar-refractivity contribution in [2.45, 2.75) is 46.0 Å². The highest BCUT2D eigenvalue weighted by atomic mass is 15.1. The minimum absolute atomic E-state index is 0.926. The second-order valence-electron chi connectivity index (χ2n) is 5.03. The molecule has 1 aliphatic rings. The van der Waals surface area contributed by atoms with E-state index in [4.69, 9.17) is 0 Å². The zero-order valence-corrected chi connectivity index (χ0v) is 9.55. The first-order chi connectivity index (χ1) is 6.18. The summed E-state index contributed by atoms with van der Waals surface area (Å²) in [4.78, 5) is 2.49. The van der Waals surface area contributed by atoms with Crippen LogP contribution in [0.1, 0.15) is 46.0 Å². The summed E-state index contributed by atoms with van der Waals surface area (Å²) < 4.78 is 0. The van der Waals surface area contributed by atoms with E-state index in [0.717, 1.165) is 11.8 Å². The van der Waals surface area contributed by atoms with Gasteiger partial charge in [0.15, 0.2) is 0 Å². The molecule has 0 spiro atoms. The van der Waals surface area contributed by atoms with Gasteiger partial charge in [-0.05, 0) is 51.2 Å². The van der Waals surface area contributed by atoms with E-state index in [-0.39, 0.29) is 0 Å². The lowest BCUT2D eigenvalue weighted by Gasteiger charge is -2.24. The minimum atomic E-state index is 0.926. The van der Waals surface area contributed by atoms with Crippen LogP contribution in [-0.4, -0.2) is 25.0 Å². The quantitative estimate of drug-likeness (QED) is 0.557. The summed E-state index contributed by atoms with van der Waals surface area (Å²) in [7, 11) is 2.26. The average Bonchev–Trinajstić information content (AvgIpc) is 2.08. The molecule has 2 unspecified atom stereocenters. The van der Waals surface area contributed by atoms with E-state index >= 15 is 0 Å². The highest BCUT2D eigenvalue weighted by Crippen LogP contribution is 2.21. The van der Waals surface area contributed by atoms with Crippen molar-refractivity contribution >= 4 is 0 Å². The van der Waals surface area contributed by atoms with E-state index in [0.29, 0.717) is 0 Å². The molecule has 0 aromatic carbocycles. The Bertz CT molecular complexity index is 133. The maximum atomic E-state index is 2.49. The van der Waals surface area contributed by atoms with Crippen molar-refractivity contribution in [3.8, 4) is 0 Å². The van der Waals surface area contributed by atoms with Gasteiger partial charge in [0.1, 0.15) is 0 Å². The predicted octanol–water partition coefficient (Wildman–Crippen LogP) is 3.15. The predicted molar refractivity (Wildman–Crippen MR) is 58.9 cm³/mol. The van der Waals surface area contributed by atoms with Crippen LogP contribution in [0.4, 0.5) is 0 Å². The normalized spacial score (nSPS) is 34.4. The monoisotopic (exact) mass is 183 g/mol. The van der Waals surface area contributed by atoms with Gasteiger partial charge in [-0.15, -0.1) is 0 Å². The molecule has 0 aromatic rings. The fourth-order valence-electron chi connectivity index (χ4n) is 2.35. The SMILES string of the molecule is CC1CCCCN(C)CCC(C)C1. The van der Waals surface area contributed by atoms with Gasteiger partial charge >= 0.3 is 0 Å². The van der Waals surface area contributed by atoms with Crippen LogP contribution in [0, 0.1) is 11.8 Å². The maximum Gasteiger partial charge on any atom is -0.00192 e. The number of hydrogen-bond donors (Lipinski definition) is 0. The van der Waals surface area contributed by atoms with Crippen molar-refractivity contribution in [1.82, 2.24) is 4.90 Å². The Morgan fingerprint density at radius 1 is 0.923 bits per heavy atom. The van der Waals surface area contributed by atoms with E-state index in [1.807, 2.05) is 0 Å². The van der Waals surface area contributed by atoms with E-state index in [9.17, 15) is 0 Å². The highest BCUT2D eigenvalue weighted by Gasteiger charge is 2.11. The second kappa shape index (κ2) is 5.64. The first-order valence-corrected chi connectivity index (χ1v) is 5.87. The fraction of sp³-hybridized carbons (Fsp3) is 1.00. The van der Waals surface area contributed by atoms with Crippen molar-refractivity contribution in [1.29, 1.82) is 0 Å². The summed E-state index contributed by atoms with van der Waals surface area (Å²) in [6, 6.07) is 0. The molecule has 1 heteroatoms. The molecule has 1 saturated heterocycles. The first-order valence-electron chi connectivity index (χ1n) is 5.87. The molecule has 13 heavy (non-hydrogen) atoms. The summed E-state index contributed by atoms with van der Waals surface area (Å²) in [6.45, 7) is 7.43. The molecule has 1 nitrogen and oxygen atoms in total. The maximum absolute atomic E-state index is 2.49. The number of nitrogens with zero attached hydrogens (tertiary/aromatic N) is 1. The average molecular weight is 183 g/mol. The highest BCUT2D eigenvalue weighted by molar-refractivity contribution is 4.65. The van der Waals surface area contributed by atoms with Crippen LogP contribution in [0.25, 0.3) is 0 Å². The Balaban J connectivity index is 2.32. The molecule has 1 rings (SSSR count). The standard InChI is InChI=1S/C12H25N/c1-11-6-4-5-8-13(3)9-7-12(2)10-11/h11-12H,4-10H2,1-3H3. The molecular weight excluding hydrogens is 158 g/mol. The Morgan fingerprint density at radius 2 is 1.62 bits per heavy atom. The third-order valence-electron chi connectivity index (χ3n) is 3.30. The molecule has 1 aliphatic heterocycles. The molecular formula is C12H25N. The fourth-order valence-corrected chi connectivity index (χ4v) is 2.35. The summed E-state index contributed by atoms with van der Waals surface area (Å²) in [5.74, 6) is 1.88. The summed E-state index contributed by atoms with van der Waals surface area (Å²) >= 11 is 0. The molecule has 0 aromatic heterocycles. The number of rotatable bonds is 0. The van der Waals surface area contributed by atoms with E-state index in [1.165, 1.54) is 45.2 Å². The summed E-state index contributed by atoms with van der Waals surface area (Å²) in [5.41, 5.74) is 0. The van der Waals surface area contributed by atoms with Gasteiger partial charge in [0, 0.05) is 0 Å². The lowest BCUT2D eigenvalue weighted by atomic mass is 9.90. The van der Waals surface area contributed by atoms with Gasteiger partial charge in [0.25, 0.3) is 0 Å².